The van der Waals surface area contributed by atoms with Crippen LogP contribution in [-0.2, 0) is 11.3 Å². The van der Waals surface area contributed by atoms with E-state index < -0.39 is 0 Å². The van der Waals surface area contributed by atoms with E-state index in [1.807, 2.05) is 36.1 Å². The molecule has 0 spiro atoms. The Hall–Kier alpha value is -2.82. The first-order valence-corrected chi connectivity index (χ1v) is 9.99. The fourth-order valence-corrected chi connectivity index (χ4v) is 4.10. The average molecular weight is 377 g/mol. The number of benzene rings is 2. The topological polar surface area (TPSA) is 47.4 Å². The first kappa shape index (κ1) is 18.5. The van der Waals surface area contributed by atoms with E-state index in [0.29, 0.717) is 19.6 Å². The molecule has 3 aromatic rings. The molecule has 1 aliphatic rings. The standard InChI is InChI=1S/C23H27N3O2/c1-4-25-15-18(14-22(25)27)23-24-19-7-5-6-8-20(19)26(23)11-12-28-21-10-9-16(2)13-17(21)3/h5-10,13,18H,4,11-12,14-15H2,1-3H3. The van der Waals surface area contributed by atoms with Gasteiger partial charge in [0.25, 0.3) is 0 Å². The first-order valence-electron chi connectivity index (χ1n) is 9.99. The number of aryl methyl sites for hydroxylation is 2. The van der Waals surface area contributed by atoms with Crippen LogP contribution in [0.4, 0.5) is 0 Å². The zero-order chi connectivity index (χ0) is 19.7. The molecule has 5 nitrogen and oxygen atoms in total. The van der Waals surface area contributed by atoms with E-state index in [2.05, 4.69) is 36.6 Å². The Morgan fingerprint density at radius 2 is 2.00 bits per heavy atom. The Labute approximate surface area is 165 Å². The molecule has 1 amide bonds. The molecule has 4 rings (SSSR count). The number of amides is 1. The molecule has 1 fully saturated rings. The van der Waals surface area contributed by atoms with E-state index in [-0.39, 0.29) is 11.8 Å². The van der Waals surface area contributed by atoms with Crippen LogP contribution >= 0.6 is 0 Å². The van der Waals surface area contributed by atoms with Gasteiger partial charge in [-0.3, -0.25) is 4.79 Å². The van der Waals surface area contributed by atoms with Crippen molar-refractivity contribution in [2.75, 3.05) is 19.7 Å². The van der Waals surface area contributed by atoms with Gasteiger partial charge < -0.3 is 14.2 Å². The zero-order valence-corrected chi connectivity index (χ0v) is 16.8. The molecule has 28 heavy (non-hydrogen) atoms. The maximum Gasteiger partial charge on any atom is 0.223 e. The maximum atomic E-state index is 12.2. The Kier molecular flexibility index (Phi) is 5.07. The number of aromatic nitrogens is 2. The van der Waals surface area contributed by atoms with E-state index in [9.17, 15) is 4.79 Å². The molecule has 5 heteroatoms. The van der Waals surface area contributed by atoms with Crippen molar-refractivity contribution in [3.8, 4) is 5.75 Å². The molecule has 0 aliphatic carbocycles. The van der Waals surface area contributed by atoms with Gasteiger partial charge in [-0.2, -0.15) is 0 Å². The maximum absolute atomic E-state index is 12.2. The van der Waals surface area contributed by atoms with Gasteiger partial charge in [0.2, 0.25) is 5.91 Å². The minimum absolute atomic E-state index is 0.140. The molecule has 1 aromatic heterocycles. The Bertz CT molecular complexity index is 1010. The molecular weight excluding hydrogens is 350 g/mol. The lowest BCUT2D eigenvalue weighted by Gasteiger charge is -2.16. The molecule has 0 bridgehead atoms. The van der Waals surface area contributed by atoms with Gasteiger partial charge in [-0.15, -0.1) is 0 Å². The van der Waals surface area contributed by atoms with Crippen molar-refractivity contribution in [1.29, 1.82) is 0 Å². The van der Waals surface area contributed by atoms with Crippen molar-refractivity contribution in [1.82, 2.24) is 14.5 Å². The molecule has 0 radical (unpaired) electrons. The third-order valence-corrected chi connectivity index (χ3v) is 5.55. The average Bonchev–Trinajstić information content (AvgIpc) is 3.24. The number of hydrogen-bond acceptors (Lipinski definition) is 3. The lowest BCUT2D eigenvalue weighted by atomic mass is 10.1. The number of para-hydroxylation sites is 2. The molecule has 1 saturated heterocycles. The van der Waals surface area contributed by atoms with Crippen LogP contribution in [0.3, 0.4) is 0 Å². The number of imidazole rings is 1. The van der Waals surface area contributed by atoms with E-state index >= 15 is 0 Å². The predicted octanol–water partition coefficient (Wildman–Crippen LogP) is 4.07. The lowest BCUT2D eigenvalue weighted by molar-refractivity contribution is -0.127. The summed E-state index contributed by atoms with van der Waals surface area (Å²) in [5, 5.41) is 0. The zero-order valence-electron chi connectivity index (χ0n) is 16.8. The summed E-state index contributed by atoms with van der Waals surface area (Å²) in [6.07, 6.45) is 0.537. The summed E-state index contributed by atoms with van der Waals surface area (Å²) in [4.78, 5) is 19.0. The lowest BCUT2D eigenvalue weighted by Crippen LogP contribution is -2.24. The third-order valence-electron chi connectivity index (χ3n) is 5.55. The number of carbonyl (C=O) groups excluding carboxylic acids is 1. The largest absolute Gasteiger partial charge is 0.491 e. The van der Waals surface area contributed by atoms with Gasteiger partial charge >= 0.3 is 0 Å². The van der Waals surface area contributed by atoms with Crippen molar-refractivity contribution in [2.24, 2.45) is 0 Å². The number of hydrogen-bond donors (Lipinski definition) is 0. The van der Waals surface area contributed by atoms with Crippen molar-refractivity contribution < 1.29 is 9.53 Å². The summed E-state index contributed by atoms with van der Waals surface area (Å²) < 4.78 is 8.30. The molecule has 146 valence electrons. The van der Waals surface area contributed by atoms with Gasteiger partial charge in [0.15, 0.2) is 0 Å². The smallest absolute Gasteiger partial charge is 0.223 e. The van der Waals surface area contributed by atoms with Gasteiger partial charge in [-0.05, 0) is 44.5 Å². The second-order valence-electron chi connectivity index (χ2n) is 7.56. The van der Waals surface area contributed by atoms with Crippen LogP contribution in [0.1, 0.15) is 36.2 Å². The second-order valence-corrected chi connectivity index (χ2v) is 7.56. The summed E-state index contributed by atoms with van der Waals surface area (Å²) in [5.41, 5.74) is 4.46. The summed E-state index contributed by atoms with van der Waals surface area (Å²) in [5.74, 6) is 2.28. The number of carbonyl (C=O) groups is 1. The van der Waals surface area contributed by atoms with Crippen LogP contribution in [0.25, 0.3) is 11.0 Å². The molecule has 0 N–H and O–H groups in total. The van der Waals surface area contributed by atoms with E-state index in [1.54, 1.807) is 0 Å². The highest BCUT2D eigenvalue weighted by Gasteiger charge is 2.33. The number of likely N-dealkylation sites (tertiary alicyclic amines) is 1. The monoisotopic (exact) mass is 377 g/mol. The van der Waals surface area contributed by atoms with E-state index in [4.69, 9.17) is 9.72 Å². The van der Waals surface area contributed by atoms with E-state index in [0.717, 1.165) is 41.3 Å². The van der Waals surface area contributed by atoms with Crippen LogP contribution in [-0.4, -0.2) is 40.1 Å². The molecular formula is C23H27N3O2. The van der Waals surface area contributed by atoms with Gasteiger partial charge in [0, 0.05) is 25.4 Å². The van der Waals surface area contributed by atoms with Crippen molar-refractivity contribution in [3.63, 3.8) is 0 Å². The normalized spacial score (nSPS) is 16.9. The number of nitrogens with zero attached hydrogens (tertiary/aromatic N) is 3. The Morgan fingerprint density at radius 1 is 1.18 bits per heavy atom. The van der Waals surface area contributed by atoms with Crippen LogP contribution in [0.2, 0.25) is 0 Å². The van der Waals surface area contributed by atoms with Crippen LogP contribution < -0.4 is 4.74 Å². The summed E-state index contributed by atoms with van der Waals surface area (Å²) in [6, 6.07) is 14.4. The summed E-state index contributed by atoms with van der Waals surface area (Å²) in [6.45, 7) is 8.96. The number of likely N-dealkylation sites (N-methyl/N-ethyl adjacent to an activating group) is 1. The van der Waals surface area contributed by atoms with Crippen molar-refractivity contribution in [2.45, 2.75) is 39.7 Å². The first-order chi connectivity index (χ1) is 13.6. The highest BCUT2D eigenvalue weighted by atomic mass is 16.5. The van der Waals surface area contributed by atoms with E-state index in [1.165, 1.54) is 5.56 Å². The van der Waals surface area contributed by atoms with Gasteiger partial charge in [0.1, 0.15) is 18.2 Å². The SMILES string of the molecule is CCN1CC(c2nc3ccccc3n2CCOc2ccc(C)cc2C)CC1=O. The summed E-state index contributed by atoms with van der Waals surface area (Å²) in [7, 11) is 0. The fourth-order valence-electron chi connectivity index (χ4n) is 4.10. The number of ether oxygens (including phenoxy) is 1. The minimum atomic E-state index is 0.140. The third kappa shape index (κ3) is 3.49. The molecule has 2 aromatic carbocycles. The molecule has 1 atom stereocenters. The minimum Gasteiger partial charge on any atom is -0.491 e. The fraction of sp³-hybridized carbons (Fsp3) is 0.391. The van der Waals surface area contributed by atoms with Gasteiger partial charge in [0.05, 0.1) is 17.6 Å². The van der Waals surface area contributed by atoms with Crippen molar-refractivity contribution >= 4 is 16.9 Å². The Morgan fingerprint density at radius 3 is 2.75 bits per heavy atom. The van der Waals surface area contributed by atoms with Gasteiger partial charge in [-0.1, -0.05) is 29.8 Å². The number of fused-ring (bicyclic) bond motifs is 1. The highest BCUT2D eigenvalue weighted by Crippen LogP contribution is 2.30. The highest BCUT2D eigenvalue weighted by molar-refractivity contribution is 5.80. The van der Waals surface area contributed by atoms with Gasteiger partial charge in [-0.25, -0.2) is 4.98 Å². The quantitative estimate of drug-likeness (QED) is 0.651. The molecule has 2 heterocycles. The van der Waals surface area contributed by atoms with Crippen LogP contribution in [0.5, 0.6) is 5.75 Å². The Balaban J connectivity index is 1.58. The summed E-state index contributed by atoms with van der Waals surface area (Å²) >= 11 is 0. The number of rotatable bonds is 6. The van der Waals surface area contributed by atoms with Crippen LogP contribution in [0.15, 0.2) is 42.5 Å². The predicted molar refractivity (Wildman–Crippen MR) is 111 cm³/mol. The van der Waals surface area contributed by atoms with Crippen LogP contribution in [0, 0.1) is 13.8 Å². The molecule has 0 saturated carbocycles. The molecule has 1 aliphatic heterocycles. The second kappa shape index (κ2) is 7.66. The molecule has 1 unspecified atom stereocenters. The van der Waals surface area contributed by atoms with Crippen molar-refractivity contribution in [3.05, 3.63) is 59.4 Å².